The summed E-state index contributed by atoms with van der Waals surface area (Å²) in [6.07, 6.45) is 2.05. The molecule has 3 heterocycles. The first-order chi connectivity index (χ1) is 20.0. The number of fused-ring (bicyclic) bond motifs is 1. The Morgan fingerprint density at radius 1 is 1.12 bits per heavy atom. The number of aromatic amines is 1. The maximum Gasteiger partial charge on any atom is 0.490 e. The predicted octanol–water partition coefficient (Wildman–Crippen LogP) is 5.83. The minimum atomic E-state index is -5.08. The highest BCUT2D eigenvalue weighted by Crippen LogP contribution is 2.28. The number of alkyl halides is 3. The Kier molecular flexibility index (Phi) is 8.66. The summed E-state index contributed by atoms with van der Waals surface area (Å²) in [5.41, 5.74) is 6.70. The molecule has 5 rings (SSSR count). The Morgan fingerprint density at radius 2 is 1.88 bits per heavy atom. The second-order valence-corrected chi connectivity index (χ2v) is 9.23. The van der Waals surface area contributed by atoms with Crippen molar-refractivity contribution < 1.29 is 27.9 Å². The molecule has 1 amide bonds. The summed E-state index contributed by atoms with van der Waals surface area (Å²) < 4.78 is 33.5. The summed E-state index contributed by atoms with van der Waals surface area (Å²) >= 11 is 0. The summed E-state index contributed by atoms with van der Waals surface area (Å²) in [6.45, 7) is 4.05. The maximum atomic E-state index is 13.0. The van der Waals surface area contributed by atoms with Gasteiger partial charge in [0.15, 0.2) is 0 Å². The number of aromatic nitrogens is 5. The smallest absolute Gasteiger partial charge is 0.475 e. The molecule has 3 aromatic heterocycles. The second kappa shape index (κ2) is 12.3. The Balaban J connectivity index is 0.000000517. The first-order valence-electron chi connectivity index (χ1n) is 12.5. The van der Waals surface area contributed by atoms with Gasteiger partial charge in [-0.2, -0.15) is 23.5 Å². The number of nitrogens with zero attached hydrogens (tertiary/aromatic N) is 5. The molecule has 0 fully saturated rings. The molecule has 2 aromatic carbocycles. The van der Waals surface area contributed by atoms with E-state index >= 15 is 0 Å². The molecule has 0 radical (unpaired) electrons. The number of hydrogen-bond donors (Lipinski definition) is 3. The summed E-state index contributed by atoms with van der Waals surface area (Å²) in [5.74, 6) is -2.96. The van der Waals surface area contributed by atoms with Crippen molar-refractivity contribution in [1.82, 2.24) is 24.7 Å². The molecule has 5 aromatic rings. The third kappa shape index (κ3) is 6.79. The molecule has 214 valence electrons. The lowest BCUT2D eigenvalue weighted by Crippen LogP contribution is -2.21. The number of carboxylic acids is 1. The van der Waals surface area contributed by atoms with Gasteiger partial charge >= 0.3 is 12.1 Å². The third-order valence-electron chi connectivity index (χ3n) is 6.37. The second-order valence-electron chi connectivity index (χ2n) is 9.23. The largest absolute Gasteiger partial charge is 0.490 e. The predicted molar refractivity (Wildman–Crippen MR) is 147 cm³/mol. The van der Waals surface area contributed by atoms with Crippen LogP contribution >= 0.6 is 0 Å². The van der Waals surface area contributed by atoms with E-state index in [0.717, 1.165) is 39.1 Å². The van der Waals surface area contributed by atoms with Crippen molar-refractivity contribution in [2.24, 2.45) is 0 Å². The number of carboxylic acid groups (broad SMARTS) is 1. The minimum absolute atomic E-state index is 0.201. The highest BCUT2D eigenvalue weighted by Gasteiger charge is 2.38. The standard InChI is InChI=1S/C27H23N7O.C2HF3O2/c1-17-6-7-22(12-18(17)2)33-27(35)20-5-3-4-19(13-20)24(8-10-28)34-15-21(14-32-34)25-23-9-11-29-26(23)31-16-30-25;3-2(4,5)1(6)7/h3-7,9,11-16,24H,8H2,1-2H3,(H,33,35)(H,29,30,31);(H,6,7). The zero-order chi connectivity index (χ0) is 30.4. The van der Waals surface area contributed by atoms with Crippen molar-refractivity contribution in [2.75, 3.05) is 5.32 Å². The lowest BCUT2D eigenvalue weighted by molar-refractivity contribution is -0.192. The van der Waals surface area contributed by atoms with Crippen molar-refractivity contribution in [3.8, 4) is 17.3 Å². The molecule has 42 heavy (non-hydrogen) atoms. The van der Waals surface area contributed by atoms with Crippen LogP contribution in [0.5, 0.6) is 0 Å². The number of amides is 1. The number of aliphatic carboxylic acids is 1. The number of hydrogen-bond acceptors (Lipinski definition) is 6. The Morgan fingerprint density at radius 3 is 2.57 bits per heavy atom. The van der Waals surface area contributed by atoms with Crippen LogP contribution in [0.25, 0.3) is 22.3 Å². The number of H-pyrrole nitrogens is 1. The van der Waals surface area contributed by atoms with E-state index in [1.165, 1.54) is 11.9 Å². The van der Waals surface area contributed by atoms with E-state index in [1.807, 2.05) is 68.7 Å². The number of benzene rings is 2. The number of nitriles is 1. The van der Waals surface area contributed by atoms with Crippen molar-refractivity contribution in [2.45, 2.75) is 32.5 Å². The molecule has 0 bridgehead atoms. The molecule has 0 aliphatic rings. The normalized spacial score (nSPS) is 11.7. The fraction of sp³-hybridized carbons (Fsp3) is 0.172. The quantitative estimate of drug-likeness (QED) is 0.231. The van der Waals surface area contributed by atoms with Gasteiger partial charge in [-0.05, 0) is 60.9 Å². The molecule has 13 heteroatoms. The summed E-state index contributed by atoms with van der Waals surface area (Å²) in [4.78, 5) is 33.6. The van der Waals surface area contributed by atoms with Crippen LogP contribution in [0.4, 0.5) is 18.9 Å². The van der Waals surface area contributed by atoms with E-state index in [4.69, 9.17) is 9.90 Å². The molecule has 0 spiro atoms. The maximum absolute atomic E-state index is 13.0. The van der Waals surface area contributed by atoms with Gasteiger partial charge in [0.1, 0.15) is 12.0 Å². The minimum Gasteiger partial charge on any atom is -0.475 e. The summed E-state index contributed by atoms with van der Waals surface area (Å²) in [7, 11) is 0. The van der Waals surface area contributed by atoms with E-state index in [9.17, 15) is 23.2 Å². The van der Waals surface area contributed by atoms with Crippen LogP contribution in [0.15, 0.2) is 73.4 Å². The molecule has 0 aliphatic heterocycles. The van der Waals surface area contributed by atoms with Gasteiger partial charge in [-0.1, -0.05) is 18.2 Å². The van der Waals surface area contributed by atoms with Gasteiger partial charge in [-0.3, -0.25) is 9.48 Å². The van der Waals surface area contributed by atoms with Crippen LogP contribution in [-0.2, 0) is 4.79 Å². The van der Waals surface area contributed by atoms with Gasteiger partial charge in [0.25, 0.3) is 5.91 Å². The van der Waals surface area contributed by atoms with Gasteiger partial charge in [-0.15, -0.1) is 0 Å². The van der Waals surface area contributed by atoms with Crippen molar-refractivity contribution in [3.05, 3.63) is 95.7 Å². The van der Waals surface area contributed by atoms with Crippen molar-refractivity contribution >= 4 is 28.6 Å². The van der Waals surface area contributed by atoms with E-state index < -0.39 is 12.1 Å². The van der Waals surface area contributed by atoms with E-state index in [1.54, 1.807) is 16.9 Å². The first kappa shape index (κ1) is 29.5. The lowest BCUT2D eigenvalue weighted by atomic mass is 10.0. The van der Waals surface area contributed by atoms with Gasteiger partial charge in [0, 0.05) is 34.6 Å². The molecular formula is C29H24F3N7O3. The van der Waals surface area contributed by atoms with E-state index in [2.05, 4.69) is 31.4 Å². The summed E-state index contributed by atoms with van der Waals surface area (Å²) in [5, 5.41) is 25.0. The van der Waals surface area contributed by atoms with Crippen molar-refractivity contribution in [1.29, 1.82) is 5.26 Å². The SMILES string of the molecule is Cc1ccc(NC(=O)c2cccc(C(CC#N)n3cc(-c4ncnc5[nH]ccc45)cn3)c2)cc1C.O=C(O)C(F)(F)F. The van der Waals surface area contributed by atoms with Gasteiger partial charge in [0.2, 0.25) is 0 Å². The number of aryl methyl sites for hydroxylation is 2. The fourth-order valence-corrected chi connectivity index (χ4v) is 4.09. The summed E-state index contributed by atoms with van der Waals surface area (Å²) in [6, 6.07) is 17.0. The van der Waals surface area contributed by atoms with Crippen LogP contribution in [0.3, 0.4) is 0 Å². The average Bonchev–Trinajstić information content (AvgIpc) is 3.64. The van der Waals surface area contributed by atoms with Gasteiger partial charge in [0.05, 0.1) is 30.4 Å². The van der Waals surface area contributed by atoms with Crippen LogP contribution in [0.2, 0.25) is 0 Å². The van der Waals surface area contributed by atoms with Crippen LogP contribution in [0, 0.1) is 25.2 Å². The highest BCUT2D eigenvalue weighted by atomic mass is 19.4. The molecule has 1 atom stereocenters. The Bertz CT molecular complexity index is 1790. The third-order valence-corrected chi connectivity index (χ3v) is 6.37. The fourth-order valence-electron chi connectivity index (χ4n) is 4.09. The molecule has 0 saturated carbocycles. The molecular weight excluding hydrogens is 551 g/mol. The highest BCUT2D eigenvalue weighted by molar-refractivity contribution is 6.04. The lowest BCUT2D eigenvalue weighted by Gasteiger charge is -2.16. The van der Waals surface area contributed by atoms with Crippen molar-refractivity contribution in [3.63, 3.8) is 0 Å². The van der Waals surface area contributed by atoms with Crippen LogP contribution in [0.1, 0.15) is 39.5 Å². The van der Waals surface area contributed by atoms with E-state index in [0.29, 0.717) is 5.56 Å². The molecule has 0 aliphatic carbocycles. The van der Waals surface area contributed by atoms with E-state index in [-0.39, 0.29) is 18.4 Å². The molecule has 3 N–H and O–H groups in total. The zero-order valence-electron chi connectivity index (χ0n) is 22.3. The Labute approximate surface area is 237 Å². The number of rotatable bonds is 6. The van der Waals surface area contributed by atoms with Crippen LogP contribution < -0.4 is 5.32 Å². The number of nitrogens with one attached hydrogen (secondary N) is 2. The molecule has 10 nitrogen and oxygen atoms in total. The topological polar surface area (TPSA) is 150 Å². The number of halogens is 3. The van der Waals surface area contributed by atoms with Gasteiger partial charge in [-0.25, -0.2) is 14.8 Å². The number of anilines is 1. The monoisotopic (exact) mass is 575 g/mol. The molecule has 1 unspecified atom stereocenters. The first-order valence-corrected chi connectivity index (χ1v) is 12.5. The molecule has 0 saturated heterocycles. The number of carbonyl (C=O) groups excluding carboxylic acids is 1. The average molecular weight is 576 g/mol. The van der Waals surface area contributed by atoms with Crippen LogP contribution in [-0.4, -0.2) is 47.9 Å². The Hall–Kier alpha value is -5.51. The zero-order valence-corrected chi connectivity index (χ0v) is 22.3. The number of carbonyl (C=O) groups is 2. The van der Waals surface area contributed by atoms with Gasteiger partial charge < -0.3 is 15.4 Å².